The molecule has 2 aliphatic rings. The number of hydrogen-bond acceptors (Lipinski definition) is 5. The predicted octanol–water partition coefficient (Wildman–Crippen LogP) is 2.94. The molecule has 0 spiro atoms. The van der Waals surface area contributed by atoms with Crippen molar-refractivity contribution in [2.45, 2.75) is 57.8 Å². The van der Waals surface area contributed by atoms with E-state index < -0.39 is 0 Å². The van der Waals surface area contributed by atoms with E-state index in [1.54, 1.807) is 0 Å². The van der Waals surface area contributed by atoms with E-state index in [2.05, 4.69) is 46.0 Å². The Balaban J connectivity index is 1.44. The van der Waals surface area contributed by atoms with Crippen LogP contribution in [0, 0.1) is 0 Å². The van der Waals surface area contributed by atoms with E-state index in [-0.39, 0.29) is 0 Å². The SMILES string of the molecule is C[C@H]1CCc2c(ccc3c2nc(CCn2cccn2)n3CCN(C)[C@H]2CCOC2)N1. The summed E-state index contributed by atoms with van der Waals surface area (Å²) in [6, 6.07) is 7.54. The van der Waals surface area contributed by atoms with Crippen molar-refractivity contribution >= 4 is 16.7 Å². The fourth-order valence-corrected chi connectivity index (χ4v) is 4.78. The molecule has 4 heterocycles. The van der Waals surface area contributed by atoms with Crippen LogP contribution in [-0.2, 0) is 30.7 Å². The molecular formula is C23H32N6O. The molecule has 1 N–H and O–H groups in total. The Kier molecular flexibility index (Phi) is 5.48. The third-order valence-corrected chi connectivity index (χ3v) is 6.66. The maximum Gasteiger partial charge on any atom is 0.111 e. The van der Waals surface area contributed by atoms with Crippen molar-refractivity contribution in [3.05, 3.63) is 42.0 Å². The zero-order chi connectivity index (χ0) is 20.5. The van der Waals surface area contributed by atoms with Crippen molar-refractivity contribution in [3.8, 4) is 0 Å². The summed E-state index contributed by atoms with van der Waals surface area (Å²) in [5, 5.41) is 8.00. The van der Waals surface area contributed by atoms with Crippen LogP contribution in [0.3, 0.4) is 0 Å². The third kappa shape index (κ3) is 3.84. The van der Waals surface area contributed by atoms with Crippen LogP contribution in [0.4, 0.5) is 5.69 Å². The van der Waals surface area contributed by atoms with Gasteiger partial charge in [0, 0.05) is 68.4 Å². The minimum atomic E-state index is 0.526. The molecule has 0 saturated carbocycles. The number of aromatic nitrogens is 4. The van der Waals surface area contributed by atoms with E-state index in [0.717, 1.165) is 64.4 Å². The fraction of sp³-hybridized carbons (Fsp3) is 0.565. The van der Waals surface area contributed by atoms with Crippen molar-refractivity contribution in [1.29, 1.82) is 0 Å². The first-order valence-electron chi connectivity index (χ1n) is 11.2. The molecule has 5 rings (SSSR count). The largest absolute Gasteiger partial charge is 0.382 e. The second-order valence-electron chi connectivity index (χ2n) is 8.74. The number of rotatable bonds is 7. The first-order chi connectivity index (χ1) is 14.7. The van der Waals surface area contributed by atoms with Crippen molar-refractivity contribution in [1.82, 2.24) is 24.2 Å². The number of benzene rings is 1. The molecule has 0 amide bonds. The Morgan fingerprint density at radius 1 is 1.27 bits per heavy atom. The lowest BCUT2D eigenvalue weighted by molar-refractivity contribution is 0.157. The van der Waals surface area contributed by atoms with Gasteiger partial charge < -0.3 is 14.6 Å². The van der Waals surface area contributed by atoms with E-state index in [0.29, 0.717) is 12.1 Å². The smallest absolute Gasteiger partial charge is 0.111 e. The average Bonchev–Trinajstić information content (AvgIpc) is 3.51. The van der Waals surface area contributed by atoms with Gasteiger partial charge in [-0.2, -0.15) is 5.10 Å². The topological polar surface area (TPSA) is 60.1 Å². The minimum Gasteiger partial charge on any atom is -0.382 e. The second kappa shape index (κ2) is 8.40. The van der Waals surface area contributed by atoms with E-state index >= 15 is 0 Å². The zero-order valence-corrected chi connectivity index (χ0v) is 18.0. The quantitative estimate of drug-likeness (QED) is 0.651. The molecule has 160 valence electrons. The number of ether oxygens (including phenoxy) is 1. The maximum absolute atomic E-state index is 5.58. The van der Waals surface area contributed by atoms with Gasteiger partial charge >= 0.3 is 0 Å². The highest BCUT2D eigenvalue weighted by Gasteiger charge is 2.23. The molecule has 3 aromatic rings. The molecule has 0 unspecified atom stereocenters. The van der Waals surface area contributed by atoms with Crippen molar-refractivity contribution < 1.29 is 4.74 Å². The van der Waals surface area contributed by atoms with Crippen LogP contribution >= 0.6 is 0 Å². The number of nitrogens with zero attached hydrogens (tertiary/aromatic N) is 5. The highest BCUT2D eigenvalue weighted by molar-refractivity contribution is 5.86. The molecule has 2 aromatic heterocycles. The summed E-state index contributed by atoms with van der Waals surface area (Å²) < 4.78 is 10.0. The van der Waals surface area contributed by atoms with Crippen molar-refractivity contribution in [2.75, 3.05) is 32.1 Å². The molecule has 2 atom stereocenters. The Bertz CT molecular complexity index is 989. The Morgan fingerprint density at radius 3 is 3.00 bits per heavy atom. The molecule has 7 heteroatoms. The highest BCUT2D eigenvalue weighted by Crippen LogP contribution is 2.32. The molecule has 1 saturated heterocycles. The van der Waals surface area contributed by atoms with E-state index in [9.17, 15) is 0 Å². The first kappa shape index (κ1) is 19.6. The summed E-state index contributed by atoms with van der Waals surface area (Å²) in [7, 11) is 2.22. The van der Waals surface area contributed by atoms with Crippen LogP contribution in [0.2, 0.25) is 0 Å². The van der Waals surface area contributed by atoms with Crippen molar-refractivity contribution in [3.63, 3.8) is 0 Å². The van der Waals surface area contributed by atoms with Gasteiger partial charge in [-0.15, -0.1) is 0 Å². The molecule has 0 aliphatic carbocycles. The summed E-state index contributed by atoms with van der Waals surface area (Å²) in [6.07, 6.45) is 8.12. The molecule has 1 fully saturated rings. The van der Waals surface area contributed by atoms with Gasteiger partial charge in [0.25, 0.3) is 0 Å². The molecule has 7 nitrogen and oxygen atoms in total. The standard InChI is InChI=1S/C23H32N6O/c1-17-4-5-19-20(25-17)6-7-21-23(19)26-22(8-12-28-11-3-10-24-28)29(21)14-13-27(2)18-9-15-30-16-18/h3,6-7,10-11,17-18,25H,4-5,8-9,12-16H2,1-2H3/t17-,18-/m0/s1. The Labute approximate surface area is 178 Å². The van der Waals surface area contributed by atoms with Crippen LogP contribution < -0.4 is 5.32 Å². The van der Waals surface area contributed by atoms with Gasteiger partial charge in [0.2, 0.25) is 0 Å². The number of likely N-dealkylation sites (N-methyl/N-ethyl adjacent to an activating group) is 1. The maximum atomic E-state index is 5.58. The average molecular weight is 409 g/mol. The van der Waals surface area contributed by atoms with Crippen LogP contribution in [0.1, 0.15) is 31.2 Å². The Morgan fingerprint density at radius 2 is 2.20 bits per heavy atom. The van der Waals surface area contributed by atoms with Crippen LogP contribution in [-0.4, -0.2) is 63.1 Å². The summed E-state index contributed by atoms with van der Waals surface area (Å²) in [5.74, 6) is 1.16. The lowest BCUT2D eigenvalue weighted by Gasteiger charge is -2.25. The van der Waals surface area contributed by atoms with Crippen LogP contribution in [0.5, 0.6) is 0 Å². The number of anilines is 1. The van der Waals surface area contributed by atoms with Gasteiger partial charge in [-0.1, -0.05) is 0 Å². The lowest BCUT2D eigenvalue weighted by Crippen LogP contribution is -2.34. The van der Waals surface area contributed by atoms with E-state index in [1.165, 1.54) is 22.3 Å². The van der Waals surface area contributed by atoms with Gasteiger partial charge in [-0.3, -0.25) is 9.58 Å². The van der Waals surface area contributed by atoms with Crippen molar-refractivity contribution in [2.24, 2.45) is 0 Å². The fourth-order valence-electron chi connectivity index (χ4n) is 4.78. The van der Waals surface area contributed by atoms with Crippen LogP contribution in [0.15, 0.2) is 30.6 Å². The second-order valence-corrected chi connectivity index (χ2v) is 8.74. The number of fused-ring (bicyclic) bond motifs is 3. The van der Waals surface area contributed by atoms with E-state index in [4.69, 9.17) is 9.72 Å². The lowest BCUT2D eigenvalue weighted by atomic mass is 9.98. The third-order valence-electron chi connectivity index (χ3n) is 6.66. The molecule has 0 radical (unpaired) electrons. The zero-order valence-electron chi connectivity index (χ0n) is 18.0. The summed E-state index contributed by atoms with van der Waals surface area (Å²) in [5.41, 5.74) is 5.07. The predicted molar refractivity (Wildman–Crippen MR) is 119 cm³/mol. The molecular weight excluding hydrogens is 376 g/mol. The van der Waals surface area contributed by atoms with Gasteiger partial charge in [-0.25, -0.2) is 4.98 Å². The molecule has 0 bridgehead atoms. The molecule has 1 aromatic carbocycles. The normalized spacial score (nSPS) is 21.3. The molecule has 2 aliphatic heterocycles. The van der Waals surface area contributed by atoms with Crippen LogP contribution in [0.25, 0.3) is 11.0 Å². The number of nitrogens with one attached hydrogen (secondary N) is 1. The molecule has 30 heavy (non-hydrogen) atoms. The summed E-state index contributed by atoms with van der Waals surface area (Å²) in [4.78, 5) is 7.61. The number of aryl methyl sites for hydroxylation is 3. The number of hydrogen-bond donors (Lipinski definition) is 1. The van der Waals surface area contributed by atoms with E-state index in [1.807, 2.05) is 23.1 Å². The van der Waals surface area contributed by atoms with Gasteiger partial charge in [0.15, 0.2) is 0 Å². The number of imidazole rings is 1. The highest BCUT2D eigenvalue weighted by atomic mass is 16.5. The first-order valence-corrected chi connectivity index (χ1v) is 11.2. The summed E-state index contributed by atoms with van der Waals surface area (Å²) >= 11 is 0. The minimum absolute atomic E-state index is 0.526. The Hall–Kier alpha value is -2.38. The van der Waals surface area contributed by atoms with Gasteiger partial charge in [-0.05, 0) is 51.4 Å². The van der Waals surface area contributed by atoms with Gasteiger partial charge in [0.05, 0.1) is 17.6 Å². The monoisotopic (exact) mass is 408 g/mol. The summed E-state index contributed by atoms with van der Waals surface area (Å²) in [6.45, 7) is 6.78. The van der Waals surface area contributed by atoms with Gasteiger partial charge in [0.1, 0.15) is 5.82 Å².